The van der Waals surface area contributed by atoms with E-state index in [1.54, 1.807) is 0 Å². The summed E-state index contributed by atoms with van der Waals surface area (Å²) >= 11 is 1.36. The van der Waals surface area contributed by atoms with Crippen molar-refractivity contribution in [2.24, 2.45) is 10.2 Å². The smallest absolute Gasteiger partial charge is 0.159 e. The van der Waals surface area contributed by atoms with Crippen LogP contribution in [0.4, 0.5) is 16.4 Å². The Kier molecular flexibility index (Phi) is 3.49. The zero-order valence-corrected chi connectivity index (χ0v) is 10.9. The molecule has 0 atom stereocenters. The molecule has 2 aromatic rings. The molecule has 5 heteroatoms. The van der Waals surface area contributed by atoms with Crippen LogP contribution in [0, 0.1) is 6.92 Å². The lowest BCUT2D eigenvalue weighted by molar-refractivity contribution is 1.13. The molecule has 0 fully saturated rings. The average Bonchev–Trinajstić information content (AvgIpc) is 2.73. The SMILES string of the molecule is Cc1cc(N=Nc2ccc(N(C)C)cc2)sn1. The fraction of sp³-hybridized carbons (Fsp3) is 0.250. The van der Waals surface area contributed by atoms with E-state index in [4.69, 9.17) is 0 Å². The number of benzene rings is 1. The summed E-state index contributed by atoms with van der Waals surface area (Å²) in [5, 5.41) is 9.14. The molecule has 0 saturated heterocycles. The first-order valence-electron chi connectivity index (χ1n) is 5.27. The van der Waals surface area contributed by atoms with E-state index in [2.05, 4.69) is 14.6 Å². The van der Waals surface area contributed by atoms with Gasteiger partial charge in [-0.15, -0.1) is 10.2 Å². The summed E-state index contributed by atoms with van der Waals surface area (Å²) < 4.78 is 4.15. The fourth-order valence-electron chi connectivity index (χ4n) is 1.32. The molecule has 0 saturated carbocycles. The largest absolute Gasteiger partial charge is 0.378 e. The van der Waals surface area contributed by atoms with Gasteiger partial charge in [0.15, 0.2) is 5.00 Å². The molecule has 0 amide bonds. The number of hydrogen-bond acceptors (Lipinski definition) is 5. The Labute approximate surface area is 105 Å². The maximum Gasteiger partial charge on any atom is 0.159 e. The van der Waals surface area contributed by atoms with Crippen molar-refractivity contribution < 1.29 is 0 Å². The first-order valence-corrected chi connectivity index (χ1v) is 6.05. The summed E-state index contributed by atoms with van der Waals surface area (Å²) in [6, 6.07) is 9.86. The van der Waals surface area contributed by atoms with Gasteiger partial charge < -0.3 is 4.90 Å². The Hall–Kier alpha value is -1.75. The first-order chi connectivity index (χ1) is 8.15. The Balaban J connectivity index is 2.11. The van der Waals surface area contributed by atoms with Crippen molar-refractivity contribution >= 4 is 27.9 Å². The molecule has 0 bridgehead atoms. The van der Waals surface area contributed by atoms with Crippen LogP contribution in [0.15, 0.2) is 40.6 Å². The topological polar surface area (TPSA) is 40.9 Å². The monoisotopic (exact) mass is 246 g/mol. The van der Waals surface area contributed by atoms with E-state index in [-0.39, 0.29) is 0 Å². The van der Waals surface area contributed by atoms with Crippen molar-refractivity contribution in [1.82, 2.24) is 4.37 Å². The third-order valence-electron chi connectivity index (χ3n) is 2.25. The predicted molar refractivity (Wildman–Crippen MR) is 71.8 cm³/mol. The number of rotatable bonds is 3. The number of nitrogens with zero attached hydrogens (tertiary/aromatic N) is 4. The van der Waals surface area contributed by atoms with Gasteiger partial charge in [-0.05, 0) is 48.8 Å². The van der Waals surface area contributed by atoms with Crippen LogP contribution in [-0.2, 0) is 0 Å². The lowest BCUT2D eigenvalue weighted by Gasteiger charge is -2.11. The molecule has 4 nitrogen and oxygen atoms in total. The number of hydrogen-bond donors (Lipinski definition) is 0. The molecular formula is C12H14N4S. The lowest BCUT2D eigenvalue weighted by Crippen LogP contribution is -2.07. The van der Waals surface area contributed by atoms with E-state index < -0.39 is 0 Å². The van der Waals surface area contributed by atoms with Crippen LogP contribution >= 0.6 is 11.5 Å². The lowest BCUT2D eigenvalue weighted by atomic mass is 10.3. The molecule has 1 heterocycles. The zero-order chi connectivity index (χ0) is 12.3. The Morgan fingerprint density at radius 1 is 1.12 bits per heavy atom. The minimum Gasteiger partial charge on any atom is -0.378 e. The molecule has 17 heavy (non-hydrogen) atoms. The van der Waals surface area contributed by atoms with Crippen LogP contribution in [0.5, 0.6) is 0 Å². The second kappa shape index (κ2) is 5.05. The normalized spacial score (nSPS) is 11.0. The van der Waals surface area contributed by atoms with Crippen LogP contribution in [0.1, 0.15) is 5.69 Å². The second-order valence-corrected chi connectivity index (χ2v) is 4.70. The third-order valence-corrected chi connectivity index (χ3v) is 3.01. The van der Waals surface area contributed by atoms with Crippen molar-refractivity contribution in [1.29, 1.82) is 0 Å². The van der Waals surface area contributed by atoms with Gasteiger partial charge >= 0.3 is 0 Å². The van der Waals surface area contributed by atoms with Gasteiger partial charge in [-0.1, -0.05) is 0 Å². The number of aromatic nitrogens is 1. The quantitative estimate of drug-likeness (QED) is 0.770. The summed E-state index contributed by atoms with van der Waals surface area (Å²) in [4.78, 5) is 2.05. The van der Waals surface area contributed by atoms with Gasteiger partial charge in [0.1, 0.15) is 0 Å². The molecule has 1 aromatic carbocycles. The minimum absolute atomic E-state index is 0.833. The molecule has 0 aliphatic rings. The van der Waals surface area contributed by atoms with Gasteiger partial charge in [-0.25, -0.2) is 0 Å². The van der Waals surface area contributed by atoms with Gasteiger partial charge in [-0.3, -0.25) is 0 Å². The van der Waals surface area contributed by atoms with Crippen LogP contribution in [0.2, 0.25) is 0 Å². The van der Waals surface area contributed by atoms with E-state index in [9.17, 15) is 0 Å². The minimum atomic E-state index is 0.833. The highest BCUT2D eigenvalue weighted by Crippen LogP contribution is 2.24. The van der Waals surface area contributed by atoms with Crippen molar-refractivity contribution in [3.63, 3.8) is 0 Å². The second-order valence-electron chi connectivity index (χ2n) is 3.92. The first kappa shape index (κ1) is 11.7. The fourth-order valence-corrected chi connectivity index (χ4v) is 1.91. The maximum absolute atomic E-state index is 4.17. The highest BCUT2D eigenvalue weighted by Gasteiger charge is 1.97. The molecule has 0 spiro atoms. The molecule has 0 N–H and O–H groups in total. The molecule has 0 aliphatic carbocycles. The zero-order valence-electron chi connectivity index (χ0n) is 10.1. The number of azo groups is 1. The van der Waals surface area contributed by atoms with Crippen molar-refractivity contribution in [2.75, 3.05) is 19.0 Å². The van der Waals surface area contributed by atoms with Crippen LogP contribution in [-0.4, -0.2) is 18.5 Å². The standard InChI is InChI=1S/C12H14N4S/c1-9-8-12(17-15-9)14-13-10-4-6-11(7-5-10)16(2)3/h4-8H,1-3H3. The predicted octanol–water partition coefficient (Wildman–Crippen LogP) is 3.93. The van der Waals surface area contributed by atoms with E-state index in [1.807, 2.05) is 56.3 Å². The number of aryl methyl sites for hydroxylation is 1. The van der Waals surface area contributed by atoms with Gasteiger partial charge in [0.05, 0.1) is 11.4 Å². The molecule has 0 aliphatic heterocycles. The van der Waals surface area contributed by atoms with Crippen LogP contribution < -0.4 is 4.90 Å². The highest BCUT2D eigenvalue weighted by molar-refractivity contribution is 7.09. The summed E-state index contributed by atoms with van der Waals surface area (Å²) in [5.74, 6) is 0. The molecule has 88 valence electrons. The van der Waals surface area contributed by atoms with Crippen molar-refractivity contribution in [3.05, 3.63) is 36.0 Å². The highest BCUT2D eigenvalue weighted by atomic mass is 32.1. The summed E-state index contributed by atoms with van der Waals surface area (Å²) in [5.41, 5.74) is 2.98. The summed E-state index contributed by atoms with van der Waals surface area (Å²) in [6.07, 6.45) is 0. The van der Waals surface area contributed by atoms with E-state index in [0.29, 0.717) is 0 Å². The molecule has 2 rings (SSSR count). The maximum atomic E-state index is 4.17. The third kappa shape index (κ3) is 3.10. The average molecular weight is 246 g/mol. The van der Waals surface area contributed by atoms with Gasteiger partial charge in [0.2, 0.25) is 0 Å². The molecule has 1 aromatic heterocycles. The Morgan fingerprint density at radius 3 is 2.35 bits per heavy atom. The summed E-state index contributed by atoms with van der Waals surface area (Å²) in [6.45, 7) is 1.95. The molecule has 0 radical (unpaired) electrons. The van der Waals surface area contributed by atoms with E-state index in [0.717, 1.165) is 22.1 Å². The molecular weight excluding hydrogens is 232 g/mol. The van der Waals surface area contributed by atoms with Gasteiger partial charge in [-0.2, -0.15) is 4.37 Å². The van der Waals surface area contributed by atoms with Crippen molar-refractivity contribution in [3.8, 4) is 0 Å². The Bertz CT molecular complexity index is 514. The van der Waals surface area contributed by atoms with E-state index >= 15 is 0 Å². The van der Waals surface area contributed by atoms with Crippen LogP contribution in [0.3, 0.4) is 0 Å². The van der Waals surface area contributed by atoms with E-state index in [1.165, 1.54) is 11.5 Å². The Morgan fingerprint density at radius 2 is 1.82 bits per heavy atom. The number of anilines is 1. The van der Waals surface area contributed by atoms with Crippen molar-refractivity contribution in [2.45, 2.75) is 6.92 Å². The summed E-state index contributed by atoms with van der Waals surface area (Å²) in [7, 11) is 4.02. The van der Waals surface area contributed by atoms with Gasteiger partial charge in [0, 0.05) is 19.8 Å². The van der Waals surface area contributed by atoms with Crippen LogP contribution in [0.25, 0.3) is 0 Å². The van der Waals surface area contributed by atoms with Gasteiger partial charge in [0.25, 0.3) is 0 Å². The molecule has 0 unspecified atom stereocenters.